The van der Waals surface area contributed by atoms with E-state index in [4.69, 9.17) is 0 Å². The Morgan fingerprint density at radius 3 is 2.50 bits per heavy atom. The SMILES string of the molecule is O=S(=O)(Nc1ncc(Br)cc1O)c1ccccc1. The molecule has 0 spiro atoms. The van der Waals surface area contributed by atoms with Crippen LogP contribution >= 0.6 is 15.9 Å². The Bertz CT molecular complexity index is 659. The number of nitrogens with zero attached hydrogens (tertiary/aromatic N) is 1. The number of pyridine rings is 1. The second-order valence-corrected chi connectivity index (χ2v) is 6.04. The molecule has 0 unspecified atom stereocenters. The lowest BCUT2D eigenvalue weighted by Crippen LogP contribution is -2.13. The van der Waals surface area contributed by atoms with Crippen molar-refractivity contribution in [1.29, 1.82) is 0 Å². The number of anilines is 1. The van der Waals surface area contributed by atoms with Crippen LogP contribution in [0.4, 0.5) is 5.82 Å². The average molecular weight is 329 g/mol. The molecule has 7 heteroatoms. The van der Waals surface area contributed by atoms with Crippen molar-refractivity contribution in [3.8, 4) is 5.75 Å². The van der Waals surface area contributed by atoms with Gasteiger partial charge in [0.1, 0.15) is 0 Å². The molecule has 18 heavy (non-hydrogen) atoms. The average Bonchev–Trinajstić information content (AvgIpc) is 2.34. The van der Waals surface area contributed by atoms with E-state index in [9.17, 15) is 13.5 Å². The Kier molecular flexibility index (Phi) is 3.53. The van der Waals surface area contributed by atoms with E-state index in [0.29, 0.717) is 4.47 Å². The van der Waals surface area contributed by atoms with Crippen molar-refractivity contribution in [1.82, 2.24) is 4.98 Å². The van der Waals surface area contributed by atoms with E-state index in [2.05, 4.69) is 25.6 Å². The van der Waals surface area contributed by atoms with Gasteiger partial charge >= 0.3 is 0 Å². The highest BCUT2D eigenvalue weighted by Gasteiger charge is 2.16. The lowest BCUT2D eigenvalue weighted by molar-refractivity contribution is 0.475. The largest absolute Gasteiger partial charge is 0.504 e. The third kappa shape index (κ3) is 2.80. The first-order chi connectivity index (χ1) is 8.49. The zero-order valence-corrected chi connectivity index (χ0v) is 11.4. The lowest BCUT2D eigenvalue weighted by atomic mass is 10.4. The molecule has 5 nitrogen and oxygen atoms in total. The van der Waals surface area contributed by atoms with Gasteiger partial charge < -0.3 is 5.11 Å². The number of hydrogen-bond acceptors (Lipinski definition) is 4. The van der Waals surface area contributed by atoms with Gasteiger partial charge in [-0.05, 0) is 34.1 Å². The van der Waals surface area contributed by atoms with E-state index in [0.717, 1.165) is 0 Å². The molecule has 1 aromatic carbocycles. The molecule has 0 aliphatic carbocycles. The highest BCUT2D eigenvalue weighted by atomic mass is 79.9. The molecule has 2 aromatic rings. The van der Waals surface area contributed by atoms with Crippen molar-refractivity contribution in [2.75, 3.05) is 4.72 Å². The number of benzene rings is 1. The fourth-order valence-corrected chi connectivity index (χ4v) is 2.66. The van der Waals surface area contributed by atoms with Crippen LogP contribution in [0.3, 0.4) is 0 Å². The van der Waals surface area contributed by atoms with Crippen molar-refractivity contribution >= 4 is 31.8 Å². The minimum atomic E-state index is -3.74. The predicted molar refractivity (Wildman–Crippen MR) is 70.9 cm³/mol. The Balaban J connectivity index is 2.34. The standard InChI is InChI=1S/C11H9BrN2O3S/c12-8-6-10(15)11(13-7-8)14-18(16,17)9-4-2-1-3-5-9/h1-7,15H,(H,13,14). The van der Waals surface area contributed by atoms with Gasteiger partial charge in [-0.3, -0.25) is 4.72 Å². The first kappa shape index (κ1) is 12.8. The summed E-state index contributed by atoms with van der Waals surface area (Å²) in [6, 6.07) is 9.22. The van der Waals surface area contributed by atoms with Gasteiger partial charge in [-0.15, -0.1) is 0 Å². The van der Waals surface area contributed by atoms with E-state index in [1.165, 1.54) is 24.4 Å². The zero-order valence-electron chi connectivity index (χ0n) is 9.04. The number of halogens is 1. The predicted octanol–water partition coefficient (Wildman–Crippen LogP) is 2.35. The van der Waals surface area contributed by atoms with Crippen LogP contribution in [0.1, 0.15) is 0 Å². The van der Waals surface area contributed by atoms with Crippen molar-refractivity contribution < 1.29 is 13.5 Å². The summed E-state index contributed by atoms with van der Waals surface area (Å²) in [6.07, 6.45) is 1.39. The number of sulfonamides is 1. The van der Waals surface area contributed by atoms with E-state index < -0.39 is 10.0 Å². The Labute approximate surface area is 113 Å². The van der Waals surface area contributed by atoms with Gasteiger partial charge in [0, 0.05) is 10.7 Å². The number of rotatable bonds is 3. The Morgan fingerprint density at radius 1 is 1.22 bits per heavy atom. The van der Waals surface area contributed by atoms with Crippen molar-refractivity contribution in [2.24, 2.45) is 0 Å². The maximum absolute atomic E-state index is 12.0. The van der Waals surface area contributed by atoms with Crippen LogP contribution in [-0.4, -0.2) is 18.5 Å². The van der Waals surface area contributed by atoms with Crippen LogP contribution in [0.25, 0.3) is 0 Å². The highest BCUT2D eigenvalue weighted by Crippen LogP contribution is 2.26. The van der Waals surface area contributed by atoms with E-state index in [-0.39, 0.29) is 16.5 Å². The summed E-state index contributed by atoms with van der Waals surface area (Å²) < 4.78 is 26.7. The lowest BCUT2D eigenvalue weighted by Gasteiger charge is -2.08. The molecule has 0 amide bonds. The Morgan fingerprint density at radius 2 is 1.89 bits per heavy atom. The summed E-state index contributed by atoms with van der Waals surface area (Å²) in [6.45, 7) is 0. The van der Waals surface area contributed by atoms with Crippen LogP contribution in [0.15, 0.2) is 52.0 Å². The van der Waals surface area contributed by atoms with Gasteiger partial charge in [0.05, 0.1) is 4.90 Å². The summed E-state index contributed by atoms with van der Waals surface area (Å²) in [5.41, 5.74) is 0. The molecule has 2 rings (SSSR count). The van der Waals surface area contributed by atoms with Crippen LogP contribution in [0, 0.1) is 0 Å². The molecule has 0 aliphatic heterocycles. The normalized spacial score (nSPS) is 11.2. The third-order valence-corrected chi connectivity index (χ3v) is 3.91. The van der Waals surface area contributed by atoms with Gasteiger partial charge in [0.2, 0.25) is 0 Å². The van der Waals surface area contributed by atoms with E-state index in [1.807, 2.05) is 0 Å². The molecule has 0 bridgehead atoms. The van der Waals surface area contributed by atoms with Gasteiger partial charge in [-0.1, -0.05) is 18.2 Å². The van der Waals surface area contributed by atoms with E-state index >= 15 is 0 Å². The van der Waals surface area contributed by atoms with Crippen molar-refractivity contribution in [3.05, 3.63) is 47.1 Å². The molecule has 1 heterocycles. The van der Waals surface area contributed by atoms with E-state index in [1.54, 1.807) is 18.2 Å². The smallest absolute Gasteiger partial charge is 0.263 e. The summed E-state index contributed by atoms with van der Waals surface area (Å²) >= 11 is 3.12. The monoisotopic (exact) mass is 328 g/mol. The fraction of sp³-hybridized carbons (Fsp3) is 0. The number of nitrogens with one attached hydrogen (secondary N) is 1. The van der Waals surface area contributed by atoms with Gasteiger partial charge in [-0.25, -0.2) is 13.4 Å². The maximum atomic E-state index is 12.0. The number of hydrogen-bond donors (Lipinski definition) is 2. The summed E-state index contributed by atoms with van der Waals surface area (Å²) in [4.78, 5) is 3.91. The first-order valence-electron chi connectivity index (χ1n) is 4.91. The minimum Gasteiger partial charge on any atom is -0.504 e. The van der Waals surface area contributed by atoms with Gasteiger partial charge in [0.15, 0.2) is 11.6 Å². The molecular formula is C11H9BrN2O3S. The highest BCUT2D eigenvalue weighted by molar-refractivity contribution is 9.10. The second kappa shape index (κ2) is 4.95. The van der Waals surface area contributed by atoms with Crippen LogP contribution < -0.4 is 4.72 Å². The second-order valence-electron chi connectivity index (χ2n) is 3.44. The van der Waals surface area contributed by atoms with Crippen molar-refractivity contribution in [3.63, 3.8) is 0 Å². The first-order valence-corrected chi connectivity index (χ1v) is 7.19. The topological polar surface area (TPSA) is 79.3 Å². The molecule has 2 N–H and O–H groups in total. The zero-order chi connectivity index (χ0) is 13.2. The molecule has 1 aromatic heterocycles. The maximum Gasteiger partial charge on any atom is 0.263 e. The molecular weight excluding hydrogens is 320 g/mol. The van der Waals surface area contributed by atoms with Crippen molar-refractivity contribution in [2.45, 2.75) is 4.90 Å². The van der Waals surface area contributed by atoms with Gasteiger partial charge in [0.25, 0.3) is 10.0 Å². The molecule has 0 aliphatic rings. The quantitative estimate of drug-likeness (QED) is 0.906. The summed E-state index contributed by atoms with van der Waals surface area (Å²) in [7, 11) is -3.74. The number of aromatic hydroxyl groups is 1. The van der Waals surface area contributed by atoms with Crippen LogP contribution in [0.5, 0.6) is 5.75 Å². The Hall–Kier alpha value is -1.60. The van der Waals surface area contributed by atoms with Crippen LogP contribution in [-0.2, 0) is 10.0 Å². The summed E-state index contributed by atoms with van der Waals surface area (Å²) in [5.74, 6) is -0.356. The molecule has 0 radical (unpaired) electrons. The molecule has 94 valence electrons. The molecule has 0 atom stereocenters. The number of aromatic nitrogens is 1. The van der Waals surface area contributed by atoms with Gasteiger partial charge in [-0.2, -0.15) is 0 Å². The molecule has 0 saturated heterocycles. The molecule has 0 saturated carbocycles. The van der Waals surface area contributed by atoms with Crippen LogP contribution in [0.2, 0.25) is 0 Å². The third-order valence-electron chi connectivity index (χ3n) is 2.12. The fourth-order valence-electron chi connectivity index (χ4n) is 1.29. The minimum absolute atomic E-state index is 0.106. The molecule has 0 fully saturated rings. The summed E-state index contributed by atoms with van der Waals surface area (Å²) in [5, 5.41) is 9.58.